The number of allylic oxidation sites excluding steroid dienone is 1. The third-order valence-electron chi connectivity index (χ3n) is 2.75. The Balaban J connectivity index is 3.20. The van der Waals surface area contributed by atoms with Crippen molar-refractivity contribution in [2.75, 3.05) is 6.61 Å². The molecule has 0 amide bonds. The Labute approximate surface area is 111 Å². The molecule has 3 heteroatoms. The first kappa shape index (κ1) is 14.0. The van der Waals surface area contributed by atoms with Crippen LogP contribution in [0.4, 0.5) is 0 Å². The molecule has 0 N–H and O–H groups in total. The van der Waals surface area contributed by atoms with Crippen molar-refractivity contribution in [1.29, 1.82) is 0 Å². The zero-order valence-corrected chi connectivity index (χ0v) is 11.8. The summed E-state index contributed by atoms with van der Waals surface area (Å²) in [5, 5.41) is 0. The molecule has 0 aliphatic carbocycles. The highest BCUT2D eigenvalue weighted by atomic mass is 79.9. The molecule has 0 aromatic heterocycles. The van der Waals surface area contributed by atoms with Gasteiger partial charge in [0.2, 0.25) is 0 Å². The van der Waals surface area contributed by atoms with Gasteiger partial charge >= 0.3 is 5.97 Å². The molecule has 0 saturated carbocycles. The fraction of sp³-hybridized carbons (Fsp3) is 0.357. The van der Waals surface area contributed by atoms with Crippen molar-refractivity contribution in [3.05, 3.63) is 47.0 Å². The SMILES string of the molecule is C=CCC(C)(C(=O)OCC)c1ccccc1Br. The van der Waals surface area contributed by atoms with Gasteiger partial charge in [-0.3, -0.25) is 4.79 Å². The molecule has 0 aliphatic rings. The van der Waals surface area contributed by atoms with Gasteiger partial charge in [-0.1, -0.05) is 40.2 Å². The Morgan fingerprint density at radius 2 is 2.18 bits per heavy atom. The van der Waals surface area contributed by atoms with Gasteiger partial charge in [0.05, 0.1) is 12.0 Å². The molecule has 0 heterocycles. The number of halogens is 1. The Bertz CT molecular complexity index is 414. The van der Waals surface area contributed by atoms with Crippen molar-refractivity contribution in [3.63, 3.8) is 0 Å². The Morgan fingerprint density at radius 3 is 2.71 bits per heavy atom. The third-order valence-corrected chi connectivity index (χ3v) is 3.44. The normalized spacial score (nSPS) is 13.8. The molecule has 1 unspecified atom stereocenters. The Hall–Kier alpha value is -1.09. The number of carbonyl (C=O) groups excluding carboxylic acids is 1. The van der Waals surface area contributed by atoms with E-state index in [1.165, 1.54) is 0 Å². The molecule has 0 saturated heterocycles. The summed E-state index contributed by atoms with van der Waals surface area (Å²) in [5.41, 5.74) is 0.246. The van der Waals surface area contributed by atoms with Crippen LogP contribution in [0.1, 0.15) is 25.8 Å². The second kappa shape index (κ2) is 6.01. The maximum absolute atomic E-state index is 12.1. The number of hydrogen-bond acceptors (Lipinski definition) is 2. The minimum Gasteiger partial charge on any atom is -0.465 e. The maximum atomic E-state index is 12.1. The van der Waals surface area contributed by atoms with E-state index >= 15 is 0 Å². The molecule has 1 aromatic rings. The molecule has 17 heavy (non-hydrogen) atoms. The van der Waals surface area contributed by atoms with Gasteiger partial charge in [-0.25, -0.2) is 0 Å². The summed E-state index contributed by atoms with van der Waals surface area (Å²) in [6.45, 7) is 7.80. The van der Waals surface area contributed by atoms with Crippen LogP contribution in [0.3, 0.4) is 0 Å². The smallest absolute Gasteiger partial charge is 0.316 e. The predicted octanol–water partition coefficient (Wildman–Crippen LogP) is 3.85. The standard InChI is InChI=1S/C14H17BrO2/c1-4-10-14(3,13(16)17-5-2)11-8-6-7-9-12(11)15/h4,6-9H,1,5,10H2,2-3H3. The third kappa shape index (κ3) is 2.97. The highest BCUT2D eigenvalue weighted by Crippen LogP contribution is 2.34. The van der Waals surface area contributed by atoms with Crippen molar-refractivity contribution in [3.8, 4) is 0 Å². The molecule has 92 valence electrons. The van der Waals surface area contributed by atoms with Gasteiger partial charge in [-0.05, 0) is 31.9 Å². The second-order valence-corrected chi connectivity index (χ2v) is 4.88. The van der Waals surface area contributed by atoms with Crippen molar-refractivity contribution in [2.24, 2.45) is 0 Å². The van der Waals surface area contributed by atoms with Crippen LogP contribution in [0.25, 0.3) is 0 Å². The van der Waals surface area contributed by atoms with E-state index in [1.807, 2.05) is 38.1 Å². The Kier molecular flexibility index (Phi) is 4.94. The summed E-state index contributed by atoms with van der Waals surface area (Å²) in [4.78, 5) is 12.1. The highest BCUT2D eigenvalue weighted by Gasteiger charge is 2.36. The fourth-order valence-electron chi connectivity index (χ4n) is 1.79. The predicted molar refractivity (Wildman–Crippen MR) is 72.9 cm³/mol. The lowest BCUT2D eigenvalue weighted by Gasteiger charge is -2.27. The van der Waals surface area contributed by atoms with Crippen molar-refractivity contribution in [1.82, 2.24) is 0 Å². The first-order valence-electron chi connectivity index (χ1n) is 5.59. The van der Waals surface area contributed by atoms with Crippen LogP contribution in [-0.4, -0.2) is 12.6 Å². The molecule has 2 nitrogen and oxygen atoms in total. The molecule has 0 radical (unpaired) electrons. The molecule has 0 bridgehead atoms. The summed E-state index contributed by atoms with van der Waals surface area (Å²) in [6, 6.07) is 7.70. The van der Waals surface area contributed by atoms with E-state index in [0.29, 0.717) is 13.0 Å². The Morgan fingerprint density at radius 1 is 1.53 bits per heavy atom. The molecular formula is C14H17BrO2. The van der Waals surface area contributed by atoms with Crippen LogP contribution >= 0.6 is 15.9 Å². The lowest BCUT2D eigenvalue weighted by Crippen LogP contribution is -2.34. The van der Waals surface area contributed by atoms with Crippen LogP contribution in [0, 0.1) is 0 Å². The van der Waals surface area contributed by atoms with Gasteiger partial charge in [0.25, 0.3) is 0 Å². The molecule has 1 atom stereocenters. The van der Waals surface area contributed by atoms with Crippen LogP contribution in [0.5, 0.6) is 0 Å². The summed E-state index contributed by atoms with van der Waals surface area (Å²) >= 11 is 3.48. The first-order valence-corrected chi connectivity index (χ1v) is 6.38. The largest absolute Gasteiger partial charge is 0.465 e. The number of rotatable bonds is 5. The van der Waals surface area contributed by atoms with Gasteiger partial charge in [0.1, 0.15) is 0 Å². The molecular weight excluding hydrogens is 280 g/mol. The van der Waals surface area contributed by atoms with Gasteiger partial charge in [-0.2, -0.15) is 0 Å². The van der Waals surface area contributed by atoms with Crippen molar-refractivity contribution < 1.29 is 9.53 Å². The number of carbonyl (C=O) groups is 1. The zero-order chi connectivity index (χ0) is 12.9. The van der Waals surface area contributed by atoms with Crippen molar-refractivity contribution >= 4 is 21.9 Å². The quantitative estimate of drug-likeness (QED) is 0.609. The first-order chi connectivity index (χ1) is 8.06. The molecule has 0 spiro atoms. The summed E-state index contributed by atoms with van der Waals surface area (Å²) < 4.78 is 6.08. The van der Waals surface area contributed by atoms with E-state index in [1.54, 1.807) is 6.08 Å². The average Bonchev–Trinajstić information content (AvgIpc) is 2.30. The highest BCUT2D eigenvalue weighted by molar-refractivity contribution is 9.10. The average molecular weight is 297 g/mol. The van der Waals surface area contributed by atoms with E-state index in [2.05, 4.69) is 22.5 Å². The van der Waals surface area contributed by atoms with Crippen LogP contribution in [0.2, 0.25) is 0 Å². The maximum Gasteiger partial charge on any atom is 0.316 e. The lowest BCUT2D eigenvalue weighted by atomic mass is 9.79. The number of hydrogen-bond donors (Lipinski definition) is 0. The summed E-state index contributed by atoms with van der Waals surface area (Å²) in [5.74, 6) is -0.216. The molecule has 0 aliphatic heterocycles. The monoisotopic (exact) mass is 296 g/mol. The summed E-state index contributed by atoms with van der Waals surface area (Å²) in [6.07, 6.45) is 2.30. The minimum absolute atomic E-state index is 0.216. The van der Waals surface area contributed by atoms with E-state index in [0.717, 1.165) is 10.0 Å². The topological polar surface area (TPSA) is 26.3 Å². The van der Waals surface area contributed by atoms with Crippen LogP contribution in [0.15, 0.2) is 41.4 Å². The molecule has 0 fully saturated rings. The minimum atomic E-state index is -0.683. The number of ether oxygens (including phenoxy) is 1. The van der Waals surface area contributed by atoms with Crippen molar-refractivity contribution in [2.45, 2.75) is 25.7 Å². The van der Waals surface area contributed by atoms with Gasteiger partial charge < -0.3 is 4.74 Å². The van der Waals surface area contributed by atoms with Gasteiger partial charge in [0.15, 0.2) is 0 Å². The van der Waals surface area contributed by atoms with E-state index in [4.69, 9.17) is 4.74 Å². The van der Waals surface area contributed by atoms with E-state index in [-0.39, 0.29) is 5.97 Å². The molecule has 1 aromatic carbocycles. The zero-order valence-electron chi connectivity index (χ0n) is 10.2. The van der Waals surface area contributed by atoms with E-state index in [9.17, 15) is 4.79 Å². The lowest BCUT2D eigenvalue weighted by molar-refractivity contribution is -0.149. The second-order valence-electron chi connectivity index (χ2n) is 4.03. The van der Waals surface area contributed by atoms with Crippen LogP contribution < -0.4 is 0 Å². The van der Waals surface area contributed by atoms with Gasteiger partial charge in [0, 0.05) is 4.47 Å². The summed E-state index contributed by atoms with van der Waals surface area (Å²) in [7, 11) is 0. The van der Waals surface area contributed by atoms with E-state index < -0.39 is 5.41 Å². The van der Waals surface area contributed by atoms with Gasteiger partial charge in [-0.15, -0.1) is 6.58 Å². The molecule has 1 rings (SSSR count). The fourth-order valence-corrected chi connectivity index (χ4v) is 2.51. The number of esters is 1. The van der Waals surface area contributed by atoms with Crippen LogP contribution in [-0.2, 0) is 14.9 Å². The number of benzene rings is 1.